The molecule has 0 aliphatic carbocycles. The predicted octanol–water partition coefficient (Wildman–Crippen LogP) is 5.10. The average molecular weight is 388 g/mol. The Morgan fingerprint density at radius 3 is 2.75 bits per heavy atom. The maximum atomic E-state index is 14.5. The smallest absolute Gasteiger partial charge is 0.322 e. The van der Waals surface area contributed by atoms with E-state index in [0.29, 0.717) is 12.3 Å². The van der Waals surface area contributed by atoms with Crippen LogP contribution in [0.25, 0.3) is 0 Å². The summed E-state index contributed by atoms with van der Waals surface area (Å²) in [6.45, 7) is 8.33. The molecule has 2 heterocycles. The number of nitrogens with zero attached hydrogens (tertiary/aromatic N) is 2. The molecule has 1 aromatic carbocycles. The van der Waals surface area contributed by atoms with Gasteiger partial charge in [0.1, 0.15) is 11.6 Å². The second-order valence-corrected chi connectivity index (χ2v) is 7.64. The van der Waals surface area contributed by atoms with Gasteiger partial charge in [-0.3, -0.25) is 5.10 Å². The van der Waals surface area contributed by atoms with Gasteiger partial charge in [0.05, 0.1) is 23.5 Å². The summed E-state index contributed by atoms with van der Waals surface area (Å²) in [7, 11) is 0. The zero-order chi connectivity index (χ0) is 20.3. The first kappa shape index (κ1) is 20.2. The van der Waals surface area contributed by atoms with E-state index in [2.05, 4.69) is 15.5 Å². The van der Waals surface area contributed by atoms with Crippen LogP contribution in [-0.4, -0.2) is 33.8 Å². The molecule has 0 spiro atoms. The SMILES string of the molecule is Cc1n[nH]c(C)c1[C@H]1CCCCCN1C(=O)Nc1ccc(OC(C)C)cc1F. The number of rotatable bonds is 4. The number of urea groups is 1. The van der Waals surface area contributed by atoms with Gasteiger partial charge in [-0.1, -0.05) is 12.8 Å². The molecule has 2 aromatic rings. The minimum Gasteiger partial charge on any atom is -0.491 e. The monoisotopic (exact) mass is 388 g/mol. The summed E-state index contributed by atoms with van der Waals surface area (Å²) >= 11 is 0. The van der Waals surface area contributed by atoms with Crippen LogP contribution in [0.5, 0.6) is 5.75 Å². The van der Waals surface area contributed by atoms with Crippen LogP contribution in [0, 0.1) is 19.7 Å². The number of carbonyl (C=O) groups is 1. The number of aromatic nitrogens is 2. The molecule has 28 heavy (non-hydrogen) atoms. The van der Waals surface area contributed by atoms with Crippen molar-refractivity contribution in [2.24, 2.45) is 0 Å². The average Bonchev–Trinajstić information content (AvgIpc) is 2.83. The zero-order valence-corrected chi connectivity index (χ0v) is 17.0. The number of halogens is 1. The molecule has 6 nitrogen and oxygen atoms in total. The largest absolute Gasteiger partial charge is 0.491 e. The summed E-state index contributed by atoms with van der Waals surface area (Å²) < 4.78 is 20.0. The lowest BCUT2D eigenvalue weighted by Gasteiger charge is -2.30. The third kappa shape index (κ3) is 4.46. The molecule has 1 atom stereocenters. The van der Waals surface area contributed by atoms with Crippen molar-refractivity contribution in [1.29, 1.82) is 0 Å². The molecule has 2 amide bonds. The Bertz CT molecular complexity index is 814. The Morgan fingerprint density at radius 2 is 2.11 bits per heavy atom. The third-order valence-electron chi connectivity index (χ3n) is 5.09. The predicted molar refractivity (Wildman–Crippen MR) is 107 cm³/mol. The highest BCUT2D eigenvalue weighted by Crippen LogP contribution is 2.34. The zero-order valence-electron chi connectivity index (χ0n) is 17.0. The van der Waals surface area contributed by atoms with Crippen LogP contribution < -0.4 is 10.1 Å². The van der Waals surface area contributed by atoms with Crippen LogP contribution in [0.15, 0.2) is 18.2 Å². The van der Waals surface area contributed by atoms with Crippen LogP contribution in [0.3, 0.4) is 0 Å². The van der Waals surface area contributed by atoms with Crippen LogP contribution in [0.2, 0.25) is 0 Å². The molecule has 2 N–H and O–H groups in total. The number of H-pyrrole nitrogens is 1. The fraction of sp³-hybridized carbons (Fsp3) is 0.524. The second-order valence-electron chi connectivity index (χ2n) is 7.64. The van der Waals surface area contributed by atoms with Gasteiger partial charge in [-0.25, -0.2) is 9.18 Å². The number of benzene rings is 1. The molecular weight excluding hydrogens is 359 g/mol. The van der Waals surface area contributed by atoms with E-state index in [4.69, 9.17) is 4.74 Å². The maximum absolute atomic E-state index is 14.5. The van der Waals surface area contributed by atoms with E-state index >= 15 is 0 Å². The highest BCUT2D eigenvalue weighted by atomic mass is 19.1. The van der Waals surface area contributed by atoms with Crippen LogP contribution in [0.4, 0.5) is 14.9 Å². The first-order valence-electron chi connectivity index (χ1n) is 9.92. The fourth-order valence-corrected chi connectivity index (χ4v) is 3.83. The number of aromatic amines is 1. The molecule has 1 aromatic heterocycles. The Hall–Kier alpha value is -2.57. The second kappa shape index (κ2) is 8.63. The van der Waals surface area contributed by atoms with Crippen molar-refractivity contribution < 1.29 is 13.9 Å². The Labute approximate surface area is 165 Å². The van der Waals surface area contributed by atoms with Gasteiger partial charge in [0.25, 0.3) is 0 Å². The van der Waals surface area contributed by atoms with E-state index in [9.17, 15) is 9.18 Å². The topological polar surface area (TPSA) is 70.2 Å². The van der Waals surface area contributed by atoms with Crippen LogP contribution >= 0.6 is 0 Å². The summed E-state index contributed by atoms with van der Waals surface area (Å²) in [5.41, 5.74) is 3.11. The van der Waals surface area contributed by atoms with Crippen molar-refractivity contribution in [2.45, 2.75) is 65.5 Å². The van der Waals surface area contributed by atoms with Gasteiger partial charge in [-0.05, 0) is 52.7 Å². The molecule has 3 rings (SSSR count). The lowest BCUT2D eigenvalue weighted by molar-refractivity contribution is 0.189. The van der Waals surface area contributed by atoms with E-state index in [-0.39, 0.29) is 23.9 Å². The number of hydrogen-bond acceptors (Lipinski definition) is 3. The molecule has 1 saturated heterocycles. The molecule has 152 valence electrons. The van der Waals surface area contributed by atoms with Gasteiger partial charge in [-0.15, -0.1) is 0 Å². The molecule has 0 saturated carbocycles. The van der Waals surface area contributed by atoms with Gasteiger partial charge in [0.2, 0.25) is 0 Å². The van der Waals surface area contributed by atoms with Crippen LogP contribution in [-0.2, 0) is 0 Å². The summed E-state index contributed by atoms with van der Waals surface area (Å²) in [4.78, 5) is 14.9. The van der Waals surface area contributed by atoms with Gasteiger partial charge in [0, 0.05) is 23.9 Å². The quantitative estimate of drug-likeness (QED) is 0.765. The number of hydrogen-bond donors (Lipinski definition) is 2. The molecule has 1 aliphatic heterocycles. The van der Waals surface area contributed by atoms with Crippen molar-refractivity contribution >= 4 is 11.7 Å². The number of anilines is 1. The van der Waals surface area contributed by atoms with Gasteiger partial charge in [0.15, 0.2) is 0 Å². The molecule has 1 aliphatic rings. The van der Waals surface area contributed by atoms with E-state index in [0.717, 1.165) is 42.6 Å². The lowest BCUT2D eigenvalue weighted by Crippen LogP contribution is -2.38. The van der Waals surface area contributed by atoms with E-state index in [1.54, 1.807) is 12.1 Å². The fourth-order valence-electron chi connectivity index (χ4n) is 3.83. The summed E-state index contributed by atoms with van der Waals surface area (Å²) in [6.07, 6.45) is 3.89. The number of amides is 2. The molecule has 7 heteroatoms. The van der Waals surface area contributed by atoms with Crippen molar-refractivity contribution in [3.05, 3.63) is 41.0 Å². The molecule has 0 bridgehead atoms. The number of aryl methyl sites for hydroxylation is 2. The molecule has 1 fully saturated rings. The maximum Gasteiger partial charge on any atom is 0.322 e. The summed E-state index contributed by atoms with van der Waals surface area (Å²) in [5, 5.41) is 10.0. The minimum absolute atomic E-state index is 0.0425. The Balaban J connectivity index is 1.81. The minimum atomic E-state index is -0.506. The van der Waals surface area contributed by atoms with E-state index < -0.39 is 5.82 Å². The first-order chi connectivity index (χ1) is 13.4. The first-order valence-corrected chi connectivity index (χ1v) is 9.92. The standard InChI is InChI=1S/C21H29FN4O2/c1-13(2)28-16-9-10-18(17(22)12-16)23-21(27)26-11-7-5-6-8-19(26)20-14(3)24-25-15(20)4/h9-10,12-13,19H,5-8,11H2,1-4H3,(H,23,27)(H,24,25)/t19-/m1/s1. The molecule has 0 radical (unpaired) electrons. The van der Waals surface area contributed by atoms with Gasteiger partial charge >= 0.3 is 6.03 Å². The highest BCUT2D eigenvalue weighted by Gasteiger charge is 2.30. The third-order valence-corrected chi connectivity index (χ3v) is 5.09. The van der Waals surface area contributed by atoms with E-state index in [1.165, 1.54) is 6.07 Å². The van der Waals surface area contributed by atoms with Gasteiger partial charge in [-0.2, -0.15) is 5.10 Å². The van der Waals surface area contributed by atoms with E-state index in [1.807, 2.05) is 32.6 Å². The molecule has 0 unspecified atom stereocenters. The highest BCUT2D eigenvalue weighted by molar-refractivity contribution is 5.90. The summed E-state index contributed by atoms with van der Waals surface area (Å²) in [6, 6.07) is 4.17. The normalized spacial score (nSPS) is 17.5. The lowest BCUT2D eigenvalue weighted by atomic mass is 9.99. The van der Waals surface area contributed by atoms with Crippen LogP contribution in [0.1, 0.15) is 62.5 Å². The van der Waals surface area contributed by atoms with Crippen molar-refractivity contribution in [1.82, 2.24) is 15.1 Å². The van der Waals surface area contributed by atoms with Crippen molar-refractivity contribution in [3.63, 3.8) is 0 Å². The number of likely N-dealkylation sites (tertiary alicyclic amines) is 1. The number of ether oxygens (including phenoxy) is 1. The van der Waals surface area contributed by atoms with Crippen molar-refractivity contribution in [3.8, 4) is 5.75 Å². The number of carbonyl (C=O) groups excluding carboxylic acids is 1. The Kier molecular flexibility index (Phi) is 6.21. The Morgan fingerprint density at radius 1 is 1.32 bits per heavy atom. The van der Waals surface area contributed by atoms with Gasteiger partial charge < -0.3 is 15.0 Å². The summed E-state index contributed by atoms with van der Waals surface area (Å²) in [5.74, 6) is -0.0589. The molecular formula is C21H29FN4O2. The number of nitrogens with one attached hydrogen (secondary N) is 2. The van der Waals surface area contributed by atoms with Crippen molar-refractivity contribution in [2.75, 3.05) is 11.9 Å².